The van der Waals surface area contributed by atoms with E-state index in [4.69, 9.17) is 23.7 Å². The molecule has 4 aliphatic carbocycles. The Labute approximate surface area is 280 Å². The second-order valence-corrected chi connectivity index (χ2v) is 15.5. The van der Waals surface area contributed by atoms with Crippen LogP contribution >= 0.6 is 0 Å². The standard InChI is InChI=1S/C38H44O10/c1-20-18-38(43)28(29(20)46-22(3)40)31(47-32(41)23-13-9-7-10-14-23)37-19-44-36(6,34(38)48-33(42)24-15-11-8-12-16-24)30(37)27-25(35(27,4)5)17-26(37)45-21(2)39/h7-16,20,25-31,34,43H,17-19H2,1-6H3/t20-,25-,26+,27-,28+,29-,30-,31+,34-,36+,37+,38+/m0/s1. The highest BCUT2D eigenvalue weighted by Crippen LogP contribution is 2.78. The summed E-state index contributed by atoms with van der Waals surface area (Å²) in [5, 5.41) is 13.2. The zero-order chi connectivity index (χ0) is 34.4. The molecule has 0 radical (unpaired) electrons. The molecule has 0 amide bonds. The second kappa shape index (κ2) is 11.1. The fraction of sp³-hybridized carbons (Fsp3) is 0.579. The molecule has 1 aliphatic heterocycles. The first-order chi connectivity index (χ1) is 22.7. The Morgan fingerprint density at radius 1 is 0.792 bits per heavy atom. The van der Waals surface area contributed by atoms with Gasteiger partial charge in [-0.05, 0) is 67.2 Å². The van der Waals surface area contributed by atoms with Gasteiger partial charge in [-0.15, -0.1) is 0 Å². The maximum atomic E-state index is 14.1. The third kappa shape index (κ3) is 4.65. The Morgan fingerprint density at radius 2 is 1.35 bits per heavy atom. The van der Waals surface area contributed by atoms with E-state index in [1.54, 1.807) is 60.7 Å². The van der Waals surface area contributed by atoms with Crippen LogP contribution in [0.15, 0.2) is 60.7 Å². The quantitative estimate of drug-likeness (QED) is 0.341. The van der Waals surface area contributed by atoms with Gasteiger partial charge < -0.3 is 28.8 Å². The van der Waals surface area contributed by atoms with Gasteiger partial charge in [0.25, 0.3) is 0 Å². The number of fused-ring (bicyclic) bond motifs is 2. The monoisotopic (exact) mass is 660 g/mol. The Bertz CT molecular complexity index is 1620. The topological polar surface area (TPSA) is 135 Å². The lowest BCUT2D eigenvalue weighted by Crippen LogP contribution is -2.63. The van der Waals surface area contributed by atoms with E-state index in [-0.39, 0.29) is 30.3 Å². The molecule has 0 aromatic heterocycles. The maximum Gasteiger partial charge on any atom is 0.338 e. The molecule has 4 saturated carbocycles. The lowest BCUT2D eigenvalue weighted by Gasteiger charge is -2.50. The van der Waals surface area contributed by atoms with E-state index in [9.17, 15) is 24.3 Å². The Kier molecular flexibility index (Phi) is 7.60. The molecule has 10 heteroatoms. The number of hydrogen-bond acceptors (Lipinski definition) is 10. The highest BCUT2D eigenvalue weighted by Gasteiger charge is 2.86. The fourth-order valence-corrected chi connectivity index (χ4v) is 10.6. The summed E-state index contributed by atoms with van der Waals surface area (Å²) in [6, 6.07) is 17.1. The number of carbonyl (C=O) groups excluding carboxylic acids is 4. The molecule has 5 fully saturated rings. The van der Waals surface area contributed by atoms with Crippen LogP contribution in [0.5, 0.6) is 0 Å². The average Bonchev–Trinajstić information content (AvgIpc) is 3.29. The number of esters is 4. The van der Waals surface area contributed by atoms with Gasteiger partial charge in [0.2, 0.25) is 0 Å². The molecule has 2 bridgehead atoms. The molecule has 7 rings (SSSR count). The summed E-state index contributed by atoms with van der Waals surface area (Å²) in [6.45, 7) is 10.7. The molecule has 0 spiro atoms. The van der Waals surface area contributed by atoms with E-state index in [0.717, 1.165) is 0 Å². The van der Waals surface area contributed by atoms with Crippen molar-refractivity contribution in [2.45, 2.75) is 90.0 Å². The van der Waals surface area contributed by atoms with E-state index in [0.29, 0.717) is 17.5 Å². The minimum atomic E-state index is -1.87. The highest BCUT2D eigenvalue weighted by molar-refractivity contribution is 5.90. The normalized spacial score (nSPS) is 41.4. The van der Waals surface area contributed by atoms with Crippen molar-refractivity contribution in [3.05, 3.63) is 71.8 Å². The van der Waals surface area contributed by atoms with Gasteiger partial charge in [0.1, 0.15) is 29.5 Å². The van der Waals surface area contributed by atoms with Gasteiger partial charge in [0.15, 0.2) is 6.10 Å². The maximum absolute atomic E-state index is 14.1. The molecule has 256 valence electrons. The third-order valence-electron chi connectivity index (χ3n) is 12.5. The zero-order valence-electron chi connectivity index (χ0n) is 28.2. The van der Waals surface area contributed by atoms with Crippen LogP contribution in [0.1, 0.15) is 75.1 Å². The number of rotatable bonds is 6. The van der Waals surface area contributed by atoms with E-state index in [2.05, 4.69) is 13.8 Å². The van der Waals surface area contributed by atoms with Gasteiger partial charge in [-0.1, -0.05) is 57.2 Å². The van der Waals surface area contributed by atoms with Crippen molar-refractivity contribution in [3.8, 4) is 0 Å². The summed E-state index contributed by atoms with van der Waals surface area (Å²) < 4.78 is 32.1. The van der Waals surface area contributed by atoms with Crippen molar-refractivity contribution in [2.24, 2.45) is 40.4 Å². The number of benzene rings is 2. The summed E-state index contributed by atoms with van der Waals surface area (Å²) in [4.78, 5) is 53.5. The molecule has 48 heavy (non-hydrogen) atoms. The van der Waals surface area contributed by atoms with Gasteiger partial charge in [-0.2, -0.15) is 0 Å². The van der Waals surface area contributed by atoms with Crippen molar-refractivity contribution in [1.29, 1.82) is 0 Å². The number of carbonyl (C=O) groups is 4. The van der Waals surface area contributed by atoms with E-state index in [1.165, 1.54) is 13.8 Å². The first kappa shape index (κ1) is 32.8. The number of hydrogen-bond donors (Lipinski definition) is 1. The van der Waals surface area contributed by atoms with Crippen molar-refractivity contribution in [2.75, 3.05) is 6.61 Å². The highest BCUT2D eigenvalue weighted by atomic mass is 16.6. The predicted octanol–water partition coefficient (Wildman–Crippen LogP) is 4.77. The first-order valence-corrected chi connectivity index (χ1v) is 16.9. The molecule has 10 nitrogen and oxygen atoms in total. The number of aliphatic hydroxyl groups is 1. The minimum absolute atomic E-state index is 0.000289. The summed E-state index contributed by atoms with van der Waals surface area (Å²) in [7, 11) is 0. The fourth-order valence-electron chi connectivity index (χ4n) is 10.6. The molecular formula is C38H44O10. The van der Waals surface area contributed by atoms with Crippen molar-refractivity contribution < 1.29 is 48.0 Å². The Hall–Kier alpha value is -3.76. The molecule has 12 atom stereocenters. The van der Waals surface area contributed by atoms with Crippen LogP contribution in [-0.2, 0) is 33.3 Å². The molecule has 5 aliphatic rings. The lowest BCUT2D eigenvalue weighted by atomic mass is 9.57. The van der Waals surface area contributed by atoms with E-state index >= 15 is 0 Å². The van der Waals surface area contributed by atoms with Crippen LogP contribution in [0.25, 0.3) is 0 Å². The van der Waals surface area contributed by atoms with Crippen LogP contribution in [-0.4, -0.2) is 71.2 Å². The third-order valence-corrected chi connectivity index (χ3v) is 12.5. The van der Waals surface area contributed by atoms with Gasteiger partial charge in [0.05, 0.1) is 29.1 Å². The van der Waals surface area contributed by atoms with Crippen LogP contribution in [0.3, 0.4) is 0 Å². The van der Waals surface area contributed by atoms with Gasteiger partial charge >= 0.3 is 23.9 Å². The average molecular weight is 661 g/mol. The van der Waals surface area contributed by atoms with E-state index < -0.39 is 82.7 Å². The van der Waals surface area contributed by atoms with Crippen molar-refractivity contribution >= 4 is 23.9 Å². The molecule has 0 unspecified atom stereocenters. The van der Waals surface area contributed by atoms with Crippen molar-refractivity contribution in [1.82, 2.24) is 0 Å². The molecule has 1 saturated heterocycles. The Balaban J connectivity index is 1.47. The molecule has 1 heterocycles. The van der Waals surface area contributed by atoms with Crippen LogP contribution in [0, 0.1) is 40.4 Å². The summed E-state index contributed by atoms with van der Waals surface area (Å²) in [6.07, 6.45) is -3.52. The second-order valence-electron chi connectivity index (χ2n) is 15.5. The largest absolute Gasteiger partial charge is 0.462 e. The van der Waals surface area contributed by atoms with Gasteiger partial charge in [-0.25, -0.2) is 9.59 Å². The summed E-state index contributed by atoms with van der Waals surface area (Å²) in [5.41, 5.74) is -3.96. The summed E-state index contributed by atoms with van der Waals surface area (Å²) >= 11 is 0. The SMILES string of the molecule is CC(=O)O[C@@H]1[C@@H]2[C@@H](OC(=O)c3ccccc3)[C@@]34CO[C@@](C)([C@H](OC(=O)c5ccccc5)[C@@]2(O)C[C@@H]1C)[C@@H]3[C@@H]1[C@H](C[C@H]4OC(C)=O)C1(C)C. The molecule has 2 aromatic carbocycles. The zero-order valence-corrected chi connectivity index (χ0v) is 28.2. The van der Waals surface area contributed by atoms with Crippen molar-refractivity contribution in [3.63, 3.8) is 0 Å². The predicted molar refractivity (Wildman–Crippen MR) is 170 cm³/mol. The van der Waals surface area contributed by atoms with Crippen LogP contribution in [0.4, 0.5) is 0 Å². The molecule has 1 N–H and O–H groups in total. The van der Waals surface area contributed by atoms with Crippen LogP contribution < -0.4 is 0 Å². The number of ether oxygens (including phenoxy) is 5. The minimum Gasteiger partial charge on any atom is -0.462 e. The summed E-state index contributed by atoms with van der Waals surface area (Å²) in [5.74, 6) is -4.15. The first-order valence-electron chi connectivity index (χ1n) is 16.9. The van der Waals surface area contributed by atoms with Gasteiger partial charge in [-0.3, -0.25) is 9.59 Å². The van der Waals surface area contributed by atoms with Crippen LogP contribution in [0.2, 0.25) is 0 Å². The molecule has 2 aromatic rings. The smallest absolute Gasteiger partial charge is 0.338 e. The van der Waals surface area contributed by atoms with E-state index in [1.807, 2.05) is 13.8 Å². The Morgan fingerprint density at radius 3 is 1.92 bits per heavy atom. The van der Waals surface area contributed by atoms with Gasteiger partial charge in [0, 0.05) is 19.8 Å². The molecular weight excluding hydrogens is 616 g/mol. The lowest BCUT2D eigenvalue weighted by molar-refractivity contribution is -0.224.